The lowest BCUT2D eigenvalue weighted by molar-refractivity contribution is -0.148. The Morgan fingerprint density at radius 3 is 2.77 bits per heavy atom. The molecule has 168 valence electrons. The maximum Gasteiger partial charge on any atom is 0.226 e. The van der Waals surface area contributed by atoms with Gasteiger partial charge in [0, 0.05) is 36.4 Å². The van der Waals surface area contributed by atoms with Gasteiger partial charge in [-0.15, -0.1) is 11.3 Å². The monoisotopic (exact) mass is 441 g/mol. The van der Waals surface area contributed by atoms with Crippen LogP contribution in [0.5, 0.6) is 5.75 Å². The van der Waals surface area contributed by atoms with Gasteiger partial charge in [0.15, 0.2) is 0 Å². The molecule has 4 nitrogen and oxygen atoms in total. The van der Waals surface area contributed by atoms with Gasteiger partial charge >= 0.3 is 0 Å². The van der Waals surface area contributed by atoms with E-state index >= 15 is 0 Å². The zero-order chi connectivity index (χ0) is 21.7. The topological polar surface area (TPSA) is 38.8 Å². The van der Waals surface area contributed by atoms with Crippen molar-refractivity contribution in [1.29, 1.82) is 0 Å². The second kappa shape index (κ2) is 10.2. The number of nitrogens with zero attached hydrogens (tertiary/aromatic N) is 1. The van der Waals surface area contributed by atoms with Crippen molar-refractivity contribution in [3.63, 3.8) is 0 Å². The summed E-state index contributed by atoms with van der Waals surface area (Å²) >= 11 is 1.77. The van der Waals surface area contributed by atoms with E-state index in [2.05, 4.69) is 48.4 Å². The number of rotatable bonds is 8. The van der Waals surface area contributed by atoms with E-state index in [9.17, 15) is 4.79 Å². The second-order valence-electron chi connectivity index (χ2n) is 9.53. The van der Waals surface area contributed by atoms with E-state index in [1.807, 2.05) is 12.1 Å². The Kier molecular flexibility index (Phi) is 7.34. The summed E-state index contributed by atoms with van der Waals surface area (Å²) in [6, 6.07) is 12.9. The van der Waals surface area contributed by atoms with Crippen molar-refractivity contribution in [2.75, 3.05) is 13.2 Å². The third-order valence-corrected chi connectivity index (χ3v) is 7.48. The van der Waals surface area contributed by atoms with Crippen LogP contribution in [0.4, 0.5) is 0 Å². The van der Waals surface area contributed by atoms with Gasteiger partial charge in [0.25, 0.3) is 0 Å². The number of carbonyl (C=O) groups excluding carboxylic acids is 1. The average molecular weight is 442 g/mol. The summed E-state index contributed by atoms with van der Waals surface area (Å²) in [5.41, 5.74) is 0.941. The predicted molar refractivity (Wildman–Crippen MR) is 126 cm³/mol. The van der Waals surface area contributed by atoms with Crippen molar-refractivity contribution in [2.45, 2.75) is 77.0 Å². The normalized spacial score (nSPS) is 21.2. The number of ether oxygens (including phenoxy) is 2. The first-order chi connectivity index (χ1) is 15.0. The molecule has 1 saturated heterocycles. The molecular weight excluding hydrogens is 406 g/mol. The molecule has 2 heterocycles. The highest BCUT2D eigenvalue weighted by Gasteiger charge is 2.37. The molecule has 4 rings (SSSR count). The minimum absolute atomic E-state index is 0.0644. The molecule has 2 aliphatic rings. The molecule has 2 aromatic rings. The maximum atomic E-state index is 13.6. The van der Waals surface area contributed by atoms with Crippen LogP contribution in [0.25, 0.3) is 0 Å². The molecule has 0 unspecified atom stereocenters. The van der Waals surface area contributed by atoms with Gasteiger partial charge in [0.2, 0.25) is 5.91 Å². The fourth-order valence-electron chi connectivity index (χ4n) is 4.93. The average Bonchev–Trinajstić information content (AvgIpc) is 3.45. The lowest BCUT2D eigenvalue weighted by Crippen LogP contribution is -2.46. The standard InChI is InChI=1S/C26H35NO3S/c1-26(2)18-21(12-15-30-26)25(28)27(22-8-3-4-9-22)19-20-7-5-10-23(17-20)29-14-13-24-11-6-16-31-24/h5-7,10-11,16-17,21-22H,3-4,8-9,12-15,18-19H2,1-2H3/t21-/m0/s1. The van der Waals surface area contributed by atoms with Crippen molar-refractivity contribution in [2.24, 2.45) is 5.92 Å². The van der Waals surface area contributed by atoms with E-state index in [1.165, 1.54) is 17.7 Å². The van der Waals surface area contributed by atoms with Crippen molar-refractivity contribution >= 4 is 17.2 Å². The molecule has 1 aliphatic heterocycles. The van der Waals surface area contributed by atoms with Crippen LogP contribution in [0.15, 0.2) is 41.8 Å². The first-order valence-corrected chi connectivity index (χ1v) is 12.6. The molecular formula is C26H35NO3S. The Hall–Kier alpha value is -1.85. The van der Waals surface area contributed by atoms with Gasteiger partial charge in [0.05, 0.1) is 12.2 Å². The largest absolute Gasteiger partial charge is 0.493 e. The third kappa shape index (κ3) is 6.11. The zero-order valence-corrected chi connectivity index (χ0v) is 19.7. The Labute approximate surface area is 190 Å². The predicted octanol–water partition coefficient (Wildman–Crippen LogP) is 5.85. The fraction of sp³-hybridized carbons (Fsp3) is 0.577. The second-order valence-corrected chi connectivity index (χ2v) is 10.6. The van der Waals surface area contributed by atoms with Crippen molar-refractivity contribution < 1.29 is 14.3 Å². The van der Waals surface area contributed by atoms with Crippen molar-refractivity contribution in [1.82, 2.24) is 4.90 Å². The van der Waals surface area contributed by atoms with Crippen LogP contribution in [0.1, 0.15) is 62.8 Å². The molecule has 1 aromatic heterocycles. The molecule has 1 atom stereocenters. The number of benzene rings is 1. The molecule has 0 spiro atoms. The Morgan fingerprint density at radius 1 is 1.19 bits per heavy atom. The van der Waals surface area contributed by atoms with Gasteiger partial charge in [-0.3, -0.25) is 4.79 Å². The highest BCUT2D eigenvalue weighted by atomic mass is 32.1. The highest BCUT2D eigenvalue weighted by Crippen LogP contribution is 2.33. The fourth-order valence-corrected chi connectivity index (χ4v) is 5.62. The summed E-state index contributed by atoms with van der Waals surface area (Å²) in [5, 5.41) is 2.10. The van der Waals surface area contributed by atoms with Crippen molar-refractivity contribution in [3.05, 3.63) is 52.2 Å². The number of hydrogen-bond acceptors (Lipinski definition) is 4. The Balaban J connectivity index is 1.42. The van der Waals surface area contributed by atoms with Gasteiger partial charge in [-0.25, -0.2) is 0 Å². The summed E-state index contributed by atoms with van der Waals surface area (Å²) in [4.78, 5) is 17.1. The SMILES string of the molecule is CC1(C)C[C@@H](C(=O)N(Cc2cccc(OCCc3cccs3)c2)C2CCCC2)CCO1. The van der Waals surface area contributed by atoms with E-state index in [1.54, 1.807) is 11.3 Å². The molecule has 0 bridgehead atoms. The lowest BCUT2D eigenvalue weighted by Gasteiger charge is -2.39. The van der Waals surface area contributed by atoms with Crippen LogP contribution in [0.3, 0.4) is 0 Å². The summed E-state index contributed by atoms with van der Waals surface area (Å²) in [6.07, 6.45) is 7.25. The molecule has 1 aromatic carbocycles. The van der Waals surface area contributed by atoms with Crippen LogP contribution >= 0.6 is 11.3 Å². The van der Waals surface area contributed by atoms with Crippen LogP contribution in [-0.2, 0) is 22.5 Å². The van der Waals surface area contributed by atoms with Crippen molar-refractivity contribution in [3.8, 4) is 5.75 Å². The van der Waals surface area contributed by atoms with Crippen LogP contribution in [0, 0.1) is 5.92 Å². The smallest absolute Gasteiger partial charge is 0.226 e. The molecule has 1 aliphatic carbocycles. The summed E-state index contributed by atoms with van der Waals surface area (Å²) in [7, 11) is 0. The third-order valence-electron chi connectivity index (χ3n) is 6.54. The minimum atomic E-state index is -0.212. The number of carbonyl (C=O) groups is 1. The van der Waals surface area contributed by atoms with Crippen LogP contribution < -0.4 is 4.74 Å². The molecule has 5 heteroatoms. The Bertz CT molecular complexity index is 842. The van der Waals surface area contributed by atoms with Crippen LogP contribution in [-0.4, -0.2) is 35.7 Å². The first kappa shape index (κ1) is 22.3. The van der Waals surface area contributed by atoms with Gasteiger partial charge in [-0.05, 0) is 68.7 Å². The molecule has 0 N–H and O–H groups in total. The summed E-state index contributed by atoms with van der Waals surface area (Å²) in [6.45, 7) is 6.22. The van der Waals surface area contributed by atoms with E-state index in [-0.39, 0.29) is 11.5 Å². The molecule has 1 saturated carbocycles. The number of amides is 1. The Morgan fingerprint density at radius 2 is 2.03 bits per heavy atom. The molecule has 0 radical (unpaired) electrons. The number of hydrogen-bond donors (Lipinski definition) is 0. The lowest BCUT2D eigenvalue weighted by atomic mass is 9.87. The molecule has 2 fully saturated rings. The number of thiophene rings is 1. The van der Waals surface area contributed by atoms with Gasteiger partial charge in [-0.2, -0.15) is 0 Å². The summed E-state index contributed by atoms with van der Waals surface area (Å²) < 4.78 is 11.9. The van der Waals surface area contributed by atoms with E-state index < -0.39 is 0 Å². The van der Waals surface area contributed by atoms with E-state index in [4.69, 9.17) is 9.47 Å². The minimum Gasteiger partial charge on any atom is -0.493 e. The first-order valence-electron chi connectivity index (χ1n) is 11.7. The maximum absolute atomic E-state index is 13.6. The highest BCUT2D eigenvalue weighted by molar-refractivity contribution is 7.09. The zero-order valence-electron chi connectivity index (χ0n) is 18.8. The van der Waals surface area contributed by atoms with Gasteiger partial charge in [0.1, 0.15) is 5.75 Å². The van der Waals surface area contributed by atoms with E-state index in [0.29, 0.717) is 31.7 Å². The van der Waals surface area contributed by atoms with Gasteiger partial charge in [-0.1, -0.05) is 31.0 Å². The van der Waals surface area contributed by atoms with E-state index in [0.717, 1.165) is 43.4 Å². The summed E-state index contributed by atoms with van der Waals surface area (Å²) in [5.74, 6) is 1.27. The molecule has 31 heavy (non-hydrogen) atoms. The quantitative estimate of drug-likeness (QED) is 0.516. The van der Waals surface area contributed by atoms with Crippen LogP contribution in [0.2, 0.25) is 0 Å². The van der Waals surface area contributed by atoms with Gasteiger partial charge < -0.3 is 14.4 Å². The molecule has 1 amide bonds.